The lowest BCUT2D eigenvalue weighted by Crippen LogP contribution is -2.66. The monoisotopic (exact) mass is 1120 g/mol. The van der Waals surface area contributed by atoms with Crippen LogP contribution in [0.15, 0.2) is 24.3 Å². The summed E-state index contributed by atoms with van der Waals surface area (Å²) in [7, 11) is 1.49. The molecule has 4 aliphatic carbocycles. The highest BCUT2D eigenvalue weighted by Gasteiger charge is 2.58. The van der Waals surface area contributed by atoms with Crippen LogP contribution in [0.5, 0.6) is 0 Å². The van der Waals surface area contributed by atoms with E-state index in [1.165, 1.54) is 19.3 Å². The summed E-state index contributed by atoms with van der Waals surface area (Å²) < 4.78 is 58.8. The molecule has 0 spiro atoms. The second kappa shape index (κ2) is 27.7. The fraction of sp³-hybridized carbons (Fsp3) is 0.885. The SMILES string of the molecule is COC1CC(C=CC(=O)OC[C@H]2O[C@@H](OC3CC4C(O[C@@H]5O[C@H](CO)[C@@H](O)[C@H](O)[C@H]5O)CC(O)CC4[OH+]C3C3CCC(O)CC3)[C@H](O[C@@H]3O[C@H](COC(=O)C=CC4CCC(O)C(O)C4)[C@@H](O)[C@H](O)[C@H]3O)[C@@H](O)[C@@H]2O)CCC1O. The Morgan fingerprint density at radius 1 is 0.500 bits per heavy atom. The number of carbonyl (C=O) groups is 2. The maximum absolute atomic E-state index is 13.2. The number of carbonyl (C=O) groups excluding carboxylic acids is 2. The van der Waals surface area contributed by atoms with E-state index in [1.54, 1.807) is 6.08 Å². The minimum Gasteiger partial charge on any atom is -0.460 e. The van der Waals surface area contributed by atoms with Crippen molar-refractivity contribution in [1.82, 2.24) is 0 Å². The van der Waals surface area contributed by atoms with Crippen molar-refractivity contribution in [2.75, 3.05) is 26.9 Å². The Morgan fingerprint density at radius 3 is 1.64 bits per heavy atom. The zero-order valence-electron chi connectivity index (χ0n) is 43.6. The Kier molecular flexibility index (Phi) is 21.9. The fourth-order valence-corrected chi connectivity index (χ4v) is 12.5. The van der Waals surface area contributed by atoms with Crippen LogP contribution in [0.4, 0.5) is 0 Å². The molecule has 12 unspecified atom stereocenters. The van der Waals surface area contributed by atoms with Crippen molar-refractivity contribution in [2.45, 2.75) is 237 Å². The van der Waals surface area contributed by atoms with Crippen LogP contribution in [0.3, 0.4) is 0 Å². The zero-order chi connectivity index (χ0) is 56.1. The van der Waals surface area contributed by atoms with Crippen LogP contribution in [-0.2, 0) is 52.2 Å². The van der Waals surface area contributed by atoms with Crippen LogP contribution in [0.1, 0.15) is 83.5 Å². The Morgan fingerprint density at radius 2 is 1.04 bits per heavy atom. The highest BCUT2D eigenvalue weighted by Crippen LogP contribution is 2.44. The van der Waals surface area contributed by atoms with Gasteiger partial charge in [0.1, 0.15) is 92.6 Å². The van der Waals surface area contributed by atoms with Crippen molar-refractivity contribution in [3.05, 3.63) is 24.3 Å². The molecule has 78 heavy (non-hydrogen) atoms. The molecule has 4 heterocycles. The van der Waals surface area contributed by atoms with Gasteiger partial charge in [0.15, 0.2) is 31.1 Å². The molecule has 26 heteroatoms. The summed E-state index contributed by atoms with van der Waals surface area (Å²) in [5.41, 5.74) is 0. The molecular weight excluding hydrogens is 1040 g/mol. The lowest BCUT2D eigenvalue weighted by molar-refractivity contribution is -0.389. The van der Waals surface area contributed by atoms with E-state index in [2.05, 4.69) is 0 Å². The molecule has 26 nitrogen and oxygen atoms in total. The summed E-state index contributed by atoms with van der Waals surface area (Å²) in [5, 5.41) is 151. The number of aliphatic hydroxyl groups excluding tert-OH is 14. The zero-order valence-corrected chi connectivity index (χ0v) is 43.6. The predicted octanol–water partition coefficient (Wildman–Crippen LogP) is -4.92. The summed E-state index contributed by atoms with van der Waals surface area (Å²) >= 11 is 0. The van der Waals surface area contributed by atoms with Crippen molar-refractivity contribution in [3.8, 4) is 0 Å². The number of esters is 2. The minimum absolute atomic E-state index is 0.000346. The van der Waals surface area contributed by atoms with E-state index in [0.717, 1.165) is 6.08 Å². The largest absolute Gasteiger partial charge is 0.460 e. The maximum Gasteiger partial charge on any atom is 0.330 e. The van der Waals surface area contributed by atoms with Gasteiger partial charge in [-0.1, -0.05) is 12.2 Å². The van der Waals surface area contributed by atoms with Crippen LogP contribution >= 0.6 is 0 Å². The van der Waals surface area contributed by atoms with Gasteiger partial charge >= 0.3 is 11.9 Å². The molecule has 0 aromatic rings. The molecule has 0 bridgehead atoms. The first-order valence-electron chi connectivity index (χ1n) is 27.5. The molecule has 8 rings (SSSR count). The van der Waals surface area contributed by atoms with E-state index in [4.69, 9.17) is 47.4 Å². The average molecular weight is 1120 g/mol. The molecule has 4 aliphatic heterocycles. The number of rotatable bonds is 17. The molecule has 8 fully saturated rings. The third-order valence-corrected chi connectivity index (χ3v) is 17.2. The number of fused-ring (bicyclic) bond motifs is 1. The highest BCUT2D eigenvalue weighted by molar-refractivity contribution is 5.82. The van der Waals surface area contributed by atoms with Gasteiger partial charge in [0.2, 0.25) is 0 Å². The lowest BCUT2D eigenvalue weighted by atomic mass is 9.73. The summed E-state index contributed by atoms with van der Waals surface area (Å²) in [4.78, 5) is 26.0. The van der Waals surface area contributed by atoms with Crippen LogP contribution < -0.4 is 0 Å². The average Bonchev–Trinajstić information content (AvgIpc) is 3.49. The van der Waals surface area contributed by atoms with E-state index < -0.39 is 191 Å². The van der Waals surface area contributed by atoms with Crippen LogP contribution in [0, 0.1) is 23.7 Å². The van der Waals surface area contributed by atoms with Gasteiger partial charge in [0, 0.05) is 38.0 Å². The molecule has 0 amide bonds. The smallest absolute Gasteiger partial charge is 0.330 e. The maximum atomic E-state index is 13.2. The highest BCUT2D eigenvalue weighted by atomic mass is 16.8. The Labute approximate surface area is 451 Å². The van der Waals surface area contributed by atoms with Gasteiger partial charge in [-0.25, -0.2) is 9.59 Å². The van der Waals surface area contributed by atoms with Crippen LogP contribution in [0.2, 0.25) is 0 Å². The summed E-state index contributed by atoms with van der Waals surface area (Å²) in [6.45, 7) is -2.02. The van der Waals surface area contributed by atoms with Crippen molar-refractivity contribution < 1.29 is 128 Å². The standard InChI is InChI=1S/C52H82O26/c1-69-33-15-23(3-11-29(33)57)5-13-39(60)71-21-37-42(63)45(66)49(78-51-47(68)44(65)41(62)36(76-51)20-70-38(59)12-4-22-2-10-28(56)30(58)14-22)52(77-37)74-34-18-27-31(72-48(34)24-6-8-25(54)9-7-24)16-26(55)17-32(27)73-50-46(67)43(64)40(61)35(19-53)75-50/h4-5,12-13,22-37,40-58,61-68H,2-3,6-11,14-21H2,1H3/p+1/t22?,23?,24?,25?,26?,27?,28?,29?,30?,31?,32?,33?,34?,35-,36-,37-,40-,41-,42-,43+,44+,45+,46-,47-,48?,49-,50-,51+,52-/m1/s1. The lowest BCUT2D eigenvalue weighted by Gasteiger charge is -2.50. The molecule has 4 saturated heterocycles. The van der Waals surface area contributed by atoms with Gasteiger partial charge in [0.25, 0.3) is 0 Å². The van der Waals surface area contributed by atoms with Gasteiger partial charge in [-0.15, -0.1) is 0 Å². The molecule has 0 aromatic heterocycles. The van der Waals surface area contributed by atoms with Crippen molar-refractivity contribution in [1.29, 1.82) is 0 Å². The molecule has 0 radical (unpaired) electrons. The first kappa shape index (κ1) is 61.6. The Hall–Kier alpha value is -2.46. The fourth-order valence-electron chi connectivity index (χ4n) is 12.5. The Balaban J connectivity index is 1.03. The second-order valence-electron chi connectivity index (χ2n) is 22.6. The van der Waals surface area contributed by atoms with E-state index in [1.807, 2.05) is 0 Å². The molecule has 8 aliphatic rings. The minimum atomic E-state index is -2.03. The Bertz CT molecular complexity index is 1960. The number of ether oxygens (including phenoxy) is 10. The molecular formula is C52H83O26+. The van der Waals surface area contributed by atoms with Crippen molar-refractivity contribution >= 4 is 11.9 Å². The molecule has 4 saturated carbocycles. The van der Waals surface area contributed by atoms with E-state index in [9.17, 15) is 81.1 Å². The van der Waals surface area contributed by atoms with Gasteiger partial charge in [-0.3, -0.25) is 0 Å². The van der Waals surface area contributed by atoms with Gasteiger partial charge in [-0.2, -0.15) is 0 Å². The molecule has 0 aromatic carbocycles. The van der Waals surface area contributed by atoms with Gasteiger partial charge in [0.05, 0.1) is 55.3 Å². The number of aliphatic hydroxyl groups is 16. The second-order valence-corrected chi connectivity index (χ2v) is 22.6. The number of hydrogen-bond acceptors (Lipinski definition) is 25. The van der Waals surface area contributed by atoms with Crippen LogP contribution in [-0.4, -0.2) is 268 Å². The molecule has 27 atom stereocenters. The van der Waals surface area contributed by atoms with E-state index in [0.29, 0.717) is 57.8 Å². The molecule has 15 N–H and O–H groups in total. The third-order valence-electron chi connectivity index (χ3n) is 17.2. The molecule has 446 valence electrons. The van der Waals surface area contributed by atoms with E-state index >= 15 is 0 Å². The first-order chi connectivity index (χ1) is 37.2. The number of methoxy groups -OCH3 is 1. The van der Waals surface area contributed by atoms with Crippen molar-refractivity contribution in [2.24, 2.45) is 23.7 Å². The summed E-state index contributed by atoms with van der Waals surface area (Å²) in [6.07, 6.45) is -23.7. The van der Waals surface area contributed by atoms with Gasteiger partial charge in [-0.05, 0) is 82.5 Å². The predicted molar refractivity (Wildman–Crippen MR) is 261 cm³/mol. The normalized spacial score (nSPS) is 48.6. The number of hydrogen-bond donors (Lipinski definition) is 14. The quantitative estimate of drug-likeness (QED) is 0.0369. The van der Waals surface area contributed by atoms with Gasteiger partial charge < -0.3 is 119 Å². The first-order valence-corrected chi connectivity index (χ1v) is 27.5. The number of allylic oxidation sites excluding steroid dienone is 2. The van der Waals surface area contributed by atoms with E-state index in [-0.39, 0.29) is 43.4 Å². The summed E-state index contributed by atoms with van der Waals surface area (Å²) in [5.74, 6) is -2.86. The third kappa shape index (κ3) is 14.8. The van der Waals surface area contributed by atoms with Crippen LogP contribution in [0.25, 0.3) is 0 Å². The summed E-state index contributed by atoms with van der Waals surface area (Å²) in [6, 6.07) is 0. The topological polar surface area (TPSA) is 413 Å². The van der Waals surface area contributed by atoms with Crippen molar-refractivity contribution in [3.63, 3.8) is 0 Å².